The maximum absolute atomic E-state index is 13.1. The number of aryl methyl sites for hydroxylation is 3. The summed E-state index contributed by atoms with van der Waals surface area (Å²) in [4.78, 5) is 36.0. The number of carboxylic acids is 2. The number of hydrogen-bond acceptors (Lipinski definition) is 6. The first-order chi connectivity index (χ1) is 19.8. The number of aromatic carboxylic acids is 1. The number of carbonyl (C=O) groups excluding carboxylic acids is 1. The van der Waals surface area contributed by atoms with Gasteiger partial charge in [-0.2, -0.15) is 0 Å². The first-order valence-corrected chi connectivity index (χ1v) is 14.1. The maximum atomic E-state index is 13.1. The molecule has 1 aliphatic rings. The number of aliphatic carboxylic acids is 1. The van der Waals surface area contributed by atoms with Crippen molar-refractivity contribution < 1.29 is 38.5 Å². The summed E-state index contributed by atoms with van der Waals surface area (Å²) in [6.45, 7) is 2.87. The van der Waals surface area contributed by atoms with Crippen molar-refractivity contribution in [1.29, 1.82) is 0 Å². The summed E-state index contributed by atoms with van der Waals surface area (Å²) in [5.41, 5.74) is 1.23. The molecular weight excluding hydrogens is 526 g/mol. The van der Waals surface area contributed by atoms with E-state index in [1.165, 1.54) is 18.2 Å². The fraction of sp³-hybridized carbons (Fsp3) is 0.406. The number of furan rings is 1. The SMILES string of the molecule is Cc1ccc(CCCOc2ccc(CCCOc3ccc(C(=O)O)cc3C(=O)NC3CCCC(C(=O)O)C3)cc2)o1. The molecule has 0 radical (unpaired) electrons. The Hall–Kier alpha value is -4.27. The number of carbonyl (C=O) groups is 3. The Morgan fingerprint density at radius 2 is 1.68 bits per heavy atom. The van der Waals surface area contributed by atoms with E-state index in [-0.39, 0.29) is 17.2 Å². The highest BCUT2D eigenvalue weighted by Gasteiger charge is 2.29. The van der Waals surface area contributed by atoms with E-state index in [0.717, 1.165) is 42.1 Å². The third kappa shape index (κ3) is 8.86. The van der Waals surface area contributed by atoms with Gasteiger partial charge in [0, 0.05) is 12.5 Å². The van der Waals surface area contributed by atoms with Crippen LogP contribution in [0.1, 0.15) is 76.3 Å². The van der Waals surface area contributed by atoms with E-state index in [1.54, 1.807) is 0 Å². The second-order valence-corrected chi connectivity index (χ2v) is 10.4. The Balaban J connectivity index is 1.25. The summed E-state index contributed by atoms with van der Waals surface area (Å²) >= 11 is 0. The van der Waals surface area contributed by atoms with Gasteiger partial charge < -0.3 is 29.4 Å². The number of rotatable bonds is 14. The molecule has 0 aliphatic heterocycles. The van der Waals surface area contributed by atoms with Gasteiger partial charge in [-0.05, 0) is 93.5 Å². The minimum absolute atomic E-state index is 0.0204. The Morgan fingerprint density at radius 3 is 2.39 bits per heavy atom. The van der Waals surface area contributed by atoms with Gasteiger partial charge in [0.25, 0.3) is 5.91 Å². The van der Waals surface area contributed by atoms with Crippen molar-refractivity contribution >= 4 is 17.8 Å². The average molecular weight is 564 g/mol. The zero-order valence-corrected chi connectivity index (χ0v) is 23.3. The Labute approximate surface area is 239 Å². The lowest BCUT2D eigenvalue weighted by molar-refractivity contribution is -0.143. The highest BCUT2D eigenvalue weighted by atomic mass is 16.5. The van der Waals surface area contributed by atoms with Crippen LogP contribution >= 0.6 is 0 Å². The van der Waals surface area contributed by atoms with Crippen LogP contribution in [0.5, 0.6) is 11.5 Å². The number of hydrogen-bond donors (Lipinski definition) is 3. The summed E-state index contributed by atoms with van der Waals surface area (Å²) in [6.07, 6.45) is 5.47. The van der Waals surface area contributed by atoms with Gasteiger partial charge in [-0.15, -0.1) is 0 Å². The number of nitrogens with one attached hydrogen (secondary N) is 1. The summed E-state index contributed by atoms with van der Waals surface area (Å²) in [5, 5.41) is 21.6. The largest absolute Gasteiger partial charge is 0.494 e. The molecule has 2 unspecified atom stereocenters. The summed E-state index contributed by atoms with van der Waals surface area (Å²) in [7, 11) is 0. The second kappa shape index (κ2) is 14.4. The highest BCUT2D eigenvalue weighted by Crippen LogP contribution is 2.26. The maximum Gasteiger partial charge on any atom is 0.335 e. The van der Waals surface area contributed by atoms with Crippen LogP contribution in [0.2, 0.25) is 0 Å². The van der Waals surface area contributed by atoms with E-state index < -0.39 is 23.8 Å². The molecule has 218 valence electrons. The van der Waals surface area contributed by atoms with E-state index in [0.29, 0.717) is 51.1 Å². The molecule has 3 N–H and O–H groups in total. The quantitative estimate of drug-likeness (QED) is 0.213. The molecule has 1 heterocycles. The molecule has 2 aromatic carbocycles. The lowest BCUT2D eigenvalue weighted by Gasteiger charge is -2.27. The third-order valence-electron chi connectivity index (χ3n) is 7.25. The molecule has 1 fully saturated rings. The fourth-order valence-corrected chi connectivity index (χ4v) is 5.04. The first kappa shape index (κ1) is 29.7. The van der Waals surface area contributed by atoms with Crippen LogP contribution in [-0.4, -0.2) is 47.3 Å². The lowest BCUT2D eigenvalue weighted by atomic mass is 9.85. The van der Waals surface area contributed by atoms with Crippen molar-refractivity contribution in [3.05, 3.63) is 82.8 Å². The average Bonchev–Trinajstić information content (AvgIpc) is 3.39. The van der Waals surface area contributed by atoms with Crippen molar-refractivity contribution in [2.75, 3.05) is 13.2 Å². The molecule has 9 heteroatoms. The zero-order chi connectivity index (χ0) is 29.2. The second-order valence-electron chi connectivity index (χ2n) is 10.4. The molecule has 4 rings (SSSR count). The molecule has 1 amide bonds. The Kier molecular flexibility index (Phi) is 10.4. The van der Waals surface area contributed by atoms with Crippen molar-refractivity contribution in [2.24, 2.45) is 5.92 Å². The molecule has 9 nitrogen and oxygen atoms in total. The first-order valence-electron chi connectivity index (χ1n) is 14.1. The van der Waals surface area contributed by atoms with E-state index in [9.17, 15) is 24.6 Å². The smallest absolute Gasteiger partial charge is 0.335 e. The zero-order valence-electron chi connectivity index (χ0n) is 23.3. The minimum Gasteiger partial charge on any atom is -0.494 e. The van der Waals surface area contributed by atoms with Crippen LogP contribution in [0.25, 0.3) is 0 Å². The standard InChI is InChI=1S/C32H37NO8/c1-21-9-13-27(41-21)8-4-17-39-26-14-10-22(11-15-26)5-3-18-40-29-16-12-24(32(37)38)20-28(29)30(34)33-25-7-2-6-23(19-25)31(35)36/h9-16,20,23,25H,2-8,17-19H2,1H3,(H,33,34)(H,35,36)(H,37,38). The number of benzene rings is 2. The van der Waals surface area contributed by atoms with Crippen molar-refractivity contribution in [3.63, 3.8) is 0 Å². The van der Waals surface area contributed by atoms with Gasteiger partial charge in [-0.3, -0.25) is 9.59 Å². The van der Waals surface area contributed by atoms with Gasteiger partial charge in [-0.25, -0.2) is 4.79 Å². The van der Waals surface area contributed by atoms with Gasteiger partial charge in [0.1, 0.15) is 23.0 Å². The van der Waals surface area contributed by atoms with E-state index in [4.69, 9.17) is 13.9 Å². The van der Waals surface area contributed by atoms with E-state index in [2.05, 4.69) is 5.32 Å². The van der Waals surface area contributed by atoms with E-state index in [1.807, 2.05) is 43.3 Å². The topological polar surface area (TPSA) is 135 Å². The number of amides is 1. The van der Waals surface area contributed by atoms with Gasteiger partial charge in [-0.1, -0.05) is 18.6 Å². The minimum atomic E-state index is -1.14. The lowest BCUT2D eigenvalue weighted by Crippen LogP contribution is -2.40. The molecule has 0 spiro atoms. The molecular formula is C32H37NO8. The number of ether oxygens (including phenoxy) is 2. The van der Waals surface area contributed by atoms with Crippen molar-refractivity contribution in [1.82, 2.24) is 5.32 Å². The molecule has 1 saturated carbocycles. The molecule has 41 heavy (non-hydrogen) atoms. The van der Waals surface area contributed by atoms with Crippen LogP contribution in [0.15, 0.2) is 59.0 Å². The van der Waals surface area contributed by atoms with Crippen LogP contribution < -0.4 is 14.8 Å². The molecule has 1 aromatic heterocycles. The van der Waals surface area contributed by atoms with Gasteiger partial charge >= 0.3 is 11.9 Å². The Morgan fingerprint density at radius 1 is 0.927 bits per heavy atom. The molecule has 1 aliphatic carbocycles. The summed E-state index contributed by atoms with van der Waals surface area (Å²) in [6, 6.07) is 15.8. The fourth-order valence-electron chi connectivity index (χ4n) is 5.04. The van der Waals surface area contributed by atoms with Crippen molar-refractivity contribution in [2.45, 2.75) is 64.3 Å². The summed E-state index contributed by atoms with van der Waals surface area (Å²) < 4.78 is 17.3. The highest BCUT2D eigenvalue weighted by molar-refractivity contribution is 6.00. The molecule has 2 atom stereocenters. The van der Waals surface area contributed by atoms with Gasteiger partial charge in [0.05, 0.1) is 30.3 Å². The Bertz CT molecular complexity index is 1330. The van der Waals surface area contributed by atoms with Crippen molar-refractivity contribution in [3.8, 4) is 11.5 Å². The predicted octanol–water partition coefficient (Wildman–Crippen LogP) is 5.68. The van der Waals surface area contributed by atoms with Crippen LogP contribution in [0.4, 0.5) is 0 Å². The monoisotopic (exact) mass is 563 g/mol. The van der Waals surface area contributed by atoms with Crippen LogP contribution in [0.3, 0.4) is 0 Å². The van der Waals surface area contributed by atoms with Crippen LogP contribution in [0, 0.1) is 12.8 Å². The van der Waals surface area contributed by atoms with Gasteiger partial charge in [0.2, 0.25) is 0 Å². The number of carboxylic acid groups (broad SMARTS) is 2. The third-order valence-corrected chi connectivity index (χ3v) is 7.25. The van der Waals surface area contributed by atoms with E-state index >= 15 is 0 Å². The normalized spacial score (nSPS) is 16.6. The molecule has 0 bridgehead atoms. The molecule has 0 saturated heterocycles. The summed E-state index contributed by atoms with van der Waals surface area (Å²) in [5.74, 6) is 0.0204. The van der Waals surface area contributed by atoms with Gasteiger partial charge in [0.15, 0.2) is 0 Å². The predicted molar refractivity (Wildman–Crippen MR) is 152 cm³/mol. The molecule has 3 aromatic rings. The van der Waals surface area contributed by atoms with Crippen LogP contribution in [-0.2, 0) is 17.6 Å².